The zero-order chi connectivity index (χ0) is 14.4. The third-order valence-corrected chi connectivity index (χ3v) is 2.77. The van der Waals surface area contributed by atoms with E-state index >= 15 is 0 Å². The molecule has 0 fully saturated rings. The quantitative estimate of drug-likeness (QED) is 0.630. The highest BCUT2D eigenvalue weighted by Crippen LogP contribution is 2.22. The van der Waals surface area contributed by atoms with Gasteiger partial charge in [-0.3, -0.25) is 15.6 Å². The largest absolute Gasteiger partial charge is 0.488 e. The predicted octanol–water partition coefficient (Wildman–Crippen LogP) is 1.17. The van der Waals surface area contributed by atoms with E-state index in [1.54, 1.807) is 24.3 Å². The van der Waals surface area contributed by atoms with Gasteiger partial charge in [-0.15, -0.1) is 0 Å². The highest BCUT2D eigenvalue weighted by molar-refractivity contribution is 6.32. The number of hydrazine groups is 1. The van der Waals surface area contributed by atoms with Crippen LogP contribution in [0.3, 0.4) is 0 Å². The molecule has 7 heteroatoms. The number of ether oxygens (including phenoxy) is 2. The highest BCUT2D eigenvalue weighted by Gasteiger charge is 2.16. The number of para-hydroxylation sites is 1. The van der Waals surface area contributed by atoms with E-state index in [0.717, 1.165) is 0 Å². The summed E-state index contributed by atoms with van der Waals surface area (Å²) < 4.78 is 10.4. The van der Waals surface area contributed by atoms with Gasteiger partial charge >= 0.3 is 5.97 Å². The molecule has 0 saturated heterocycles. The molecule has 0 saturated carbocycles. The molecule has 0 aromatic heterocycles. The molecule has 6 nitrogen and oxygen atoms in total. The summed E-state index contributed by atoms with van der Waals surface area (Å²) in [5.74, 6) is -0.219. The first-order chi connectivity index (χ1) is 9.66. The van der Waals surface area contributed by atoms with Gasteiger partial charge in [0.2, 0.25) is 5.91 Å². The topological polar surface area (TPSA) is 76.7 Å². The van der Waals surface area contributed by atoms with Crippen molar-refractivity contribution in [2.24, 2.45) is 0 Å². The van der Waals surface area contributed by atoms with Crippen LogP contribution in [0.25, 0.3) is 0 Å². The number of amides is 1. The van der Waals surface area contributed by atoms with Gasteiger partial charge in [0, 0.05) is 6.42 Å². The first-order valence-corrected chi connectivity index (χ1v) is 6.34. The number of carbonyl (C=O) groups is 2. The fourth-order valence-electron chi connectivity index (χ4n) is 1.49. The van der Waals surface area contributed by atoms with E-state index in [4.69, 9.17) is 21.1 Å². The number of hydrogen-bond acceptors (Lipinski definition) is 5. The van der Waals surface area contributed by atoms with Crippen LogP contribution in [0.4, 0.5) is 0 Å². The van der Waals surface area contributed by atoms with Crippen LogP contribution in [0, 0.1) is 0 Å². The van der Waals surface area contributed by atoms with Gasteiger partial charge in [0.25, 0.3) is 0 Å². The third kappa shape index (κ3) is 3.89. The van der Waals surface area contributed by atoms with E-state index in [0.29, 0.717) is 10.8 Å². The van der Waals surface area contributed by atoms with E-state index in [-0.39, 0.29) is 31.2 Å². The van der Waals surface area contributed by atoms with Crippen LogP contribution >= 0.6 is 11.6 Å². The summed E-state index contributed by atoms with van der Waals surface area (Å²) >= 11 is 5.91. The molecule has 0 bridgehead atoms. The van der Waals surface area contributed by atoms with Gasteiger partial charge in [-0.05, 0) is 18.2 Å². The molecule has 1 aliphatic rings. The molecule has 106 valence electrons. The van der Waals surface area contributed by atoms with Gasteiger partial charge in [0.15, 0.2) is 0 Å². The highest BCUT2D eigenvalue weighted by atomic mass is 35.5. The molecule has 0 aliphatic carbocycles. The van der Waals surface area contributed by atoms with Gasteiger partial charge in [-0.1, -0.05) is 23.7 Å². The standard InChI is InChI=1S/C13H13ClN2O4/c14-9-3-1-2-4-11(9)19-7-8-20-13(18)10-5-6-12(17)16-15-10/h1-5,15H,6-8H2,(H,16,17). The van der Waals surface area contributed by atoms with E-state index < -0.39 is 5.97 Å². The van der Waals surface area contributed by atoms with Crippen molar-refractivity contribution < 1.29 is 19.1 Å². The number of hydrogen-bond donors (Lipinski definition) is 2. The Morgan fingerprint density at radius 2 is 2.05 bits per heavy atom. The molecule has 0 spiro atoms. The Morgan fingerprint density at radius 1 is 1.25 bits per heavy atom. The molecule has 2 rings (SSSR count). The van der Waals surface area contributed by atoms with Crippen LogP contribution in [0.5, 0.6) is 5.75 Å². The zero-order valence-corrected chi connectivity index (χ0v) is 11.3. The molecule has 0 radical (unpaired) electrons. The Balaban J connectivity index is 1.72. The average Bonchev–Trinajstić information content (AvgIpc) is 2.46. The fraction of sp³-hybridized carbons (Fsp3) is 0.231. The lowest BCUT2D eigenvalue weighted by Crippen LogP contribution is -2.42. The first-order valence-electron chi connectivity index (χ1n) is 5.96. The summed E-state index contributed by atoms with van der Waals surface area (Å²) in [6.45, 7) is 0.270. The zero-order valence-electron chi connectivity index (χ0n) is 10.5. The number of benzene rings is 1. The fourth-order valence-corrected chi connectivity index (χ4v) is 1.68. The van der Waals surface area contributed by atoms with Gasteiger partial charge in [0.1, 0.15) is 24.7 Å². The van der Waals surface area contributed by atoms with E-state index in [9.17, 15) is 9.59 Å². The maximum atomic E-state index is 11.6. The first kappa shape index (κ1) is 14.2. The van der Waals surface area contributed by atoms with Crippen LogP contribution < -0.4 is 15.6 Å². The van der Waals surface area contributed by atoms with Crippen LogP contribution in [0.15, 0.2) is 36.0 Å². The molecular formula is C13H13ClN2O4. The Hall–Kier alpha value is -2.21. The summed E-state index contributed by atoms with van der Waals surface area (Å²) in [6, 6.07) is 7.03. The molecule has 1 aromatic rings. The second-order valence-electron chi connectivity index (χ2n) is 3.91. The molecular weight excluding hydrogens is 284 g/mol. The van der Waals surface area contributed by atoms with E-state index in [1.807, 2.05) is 0 Å². The molecule has 1 aliphatic heterocycles. The van der Waals surface area contributed by atoms with Crippen molar-refractivity contribution in [2.45, 2.75) is 6.42 Å². The number of esters is 1. The summed E-state index contributed by atoms with van der Waals surface area (Å²) in [4.78, 5) is 22.5. The summed E-state index contributed by atoms with van der Waals surface area (Å²) in [5, 5.41) is 0.498. The third-order valence-electron chi connectivity index (χ3n) is 2.46. The van der Waals surface area contributed by atoms with Crippen molar-refractivity contribution in [2.75, 3.05) is 13.2 Å². The SMILES string of the molecule is O=C1CC=C(C(=O)OCCOc2ccccc2Cl)NN1. The number of rotatable bonds is 5. The second-order valence-corrected chi connectivity index (χ2v) is 4.32. The van der Waals surface area contributed by atoms with E-state index in [1.165, 1.54) is 6.08 Å². The Labute approximate surface area is 120 Å². The molecule has 1 heterocycles. The second kappa shape index (κ2) is 6.81. The predicted molar refractivity (Wildman–Crippen MR) is 71.9 cm³/mol. The summed E-state index contributed by atoms with van der Waals surface area (Å²) in [6.07, 6.45) is 1.61. The lowest BCUT2D eigenvalue weighted by molar-refractivity contribution is -0.140. The van der Waals surface area contributed by atoms with E-state index in [2.05, 4.69) is 10.9 Å². The Kier molecular flexibility index (Phi) is 4.84. The molecule has 1 aromatic carbocycles. The molecule has 20 heavy (non-hydrogen) atoms. The van der Waals surface area contributed by atoms with Crippen LogP contribution in [-0.4, -0.2) is 25.1 Å². The van der Waals surface area contributed by atoms with Crippen molar-refractivity contribution in [3.05, 3.63) is 41.1 Å². The van der Waals surface area contributed by atoms with Gasteiger partial charge < -0.3 is 9.47 Å². The Bertz CT molecular complexity index is 545. The van der Waals surface area contributed by atoms with Crippen molar-refractivity contribution >= 4 is 23.5 Å². The lowest BCUT2D eigenvalue weighted by atomic mass is 10.3. The van der Waals surface area contributed by atoms with Crippen molar-refractivity contribution in [3.63, 3.8) is 0 Å². The number of carbonyl (C=O) groups excluding carboxylic acids is 2. The molecule has 1 amide bonds. The minimum Gasteiger partial charge on any atom is -0.488 e. The minimum absolute atomic E-state index is 0.0804. The number of halogens is 1. The van der Waals surface area contributed by atoms with Crippen molar-refractivity contribution in [1.29, 1.82) is 0 Å². The maximum Gasteiger partial charge on any atom is 0.356 e. The van der Waals surface area contributed by atoms with Gasteiger partial charge in [-0.25, -0.2) is 4.79 Å². The molecule has 2 N–H and O–H groups in total. The molecule has 0 unspecified atom stereocenters. The number of nitrogens with one attached hydrogen (secondary N) is 2. The average molecular weight is 297 g/mol. The Morgan fingerprint density at radius 3 is 2.75 bits per heavy atom. The van der Waals surface area contributed by atoms with Crippen LogP contribution in [0.1, 0.15) is 6.42 Å². The monoisotopic (exact) mass is 296 g/mol. The maximum absolute atomic E-state index is 11.6. The minimum atomic E-state index is -0.548. The normalized spacial score (nSPS) is 13.8. The smallest absolute Gasteiger partial charge is 0.356 e. The van der Waals surface area contributed by atoms with Gasteiger partial charge in [0.05, 0.1) is 5.02 Å². The van der Waals surface area contributed by atoms with Crippen molar-refractivity contribution in [3.8, 4) is 5.75 Å². The summed E-state index contributed by atoms with van der Waals surface area (Å²) in [7, 11) is 0. The van der Waals surface area contributed by atoms with Crippen LogP contribution in [-0.2, 0) is 14.3 Å². The van der Waals surface area contributed by atoms with Crippen LogP contribution in [0.2, 0.25) is 5.02 Å². The van der Waals surface area contributed by atoms with Crippen molar-refractivity contribution in [1.82, 2.24) is 10.9 Å². The molecule has 0 atom stereocenters. The lowest BCUT2D eigenvalue weighted by Gasteiger charge is -2.15. The van der Waals surface area contributed by atoms with Gasteiger partial charge in [-0.2, -0.15) is 0 Å². The summed E-state index contributed by atoms with van der Waals surface area (Å²) in [5.41, 5.74) is 5.00.